The molecule has 0 rings (SSSR count). The van der Waals surface area contributed by atoms with Gasteiger partial charge in [-0.25, -0.2) is 0 Å². The highest BCUT2D eigenvalue weighted by molar-refractivity contribution is 5.02. The van der Waals surface area contributed by atoms with E-state index in [4.69, 9.17) is 5.11 Å². The highest BCUT2D eigenvalue weighted by Crippen LogP contribution is 2.22. The van der Waals surface area contributed by atoms with Crippen LogP contribution in [0, 0.1) is 5.41 Å². The van der Waals surface area contributed by atoms with E-state index in [1.807, 2.05) is 20.8 Å². The molecule has 0 spiro atoms. The number of hydrogen-bond acceptors (Lipinski definition) is 2. The van der Waals surface area contributed by atoms with E-state index < -0.39 is 6.10 Å². The van der Waals surface area contributed by atoms with Crippen molar-refractivity contribution in [1.82, 2.24) is 0 Å². The second-order valence-electron chi connectivity index (χ2n) is 3.54. The van der Waals surface area contributed by atoms with Crippen LogP contribution in [0.15, 0.2) is 11.8 Å². The Morgan fingerprint density at radius 2 is 1.80 bits per heavy atom. The second-order valence-corrected chi connectivity index (χ2v) is 3.54. The Morgan fingerprint density at radius 3 is 1.90 bits per heavy atom. The Balaban J connectivity index is 4.20. The van der Waals surface area contributed by atoms with E-state index in [0.717, 1.165) is 0 Å². The van der Waals surface area contributed by atoms with Crippen molar-refractivity contribution in [2.24, 2.45) is 5.41 Å². The molecule has 0 heterocycles. The fourth-order valence-corrected chi connectivity index (χ4v) is 0.478. The largest absolute Gasteiger partial charge is 0.512 e. The minimum atomic E-state index is -0.570. The van der Waals surface area contributed by atoms with Gasteiger partial charge in [0, 0.05) is 5.41 Å². The molecule has 0 saturated carbocycles. The van der Waals surface area contributed by atoms with Crippen molar-refractivity contribution in [3.8, 4) is 0 Å². The van der Waals surface area contributed by atoms with Crippen LogP contribution in [0.1, 0.15) is 27.7 Å². The van der Waals surface area contributed by atoms with E-state index in [1.165, 1.54) is 6.08 Å². The molecule has 0 aliphatic rings. The van der Waals surface area contributed by atoms with Crippen LogP contribution in [0.25, 0.3) is 0 Å². The first-order valence-corrected chi connectivity index (χ1v) is 3.43. The summed E-state index contributed by atoms with van der Waals surface area (Å²) in [6.45, 7) is 7.28. The maximum Gasteiger partial charge on any atom is 0.0961 e. The van der Waals surface area contributed by atoms with Crippen LogP contribution in [-0.2, 0) is 0 Å². The van der Waals surface area contributed by atoms with Gasteiger partial charge in [0.05, 0.1) is 11.9 Å². The molecule has 1 atom stereocenters. The zero-order chi connectivity index (χ0) is 8.36. The van der Waals surface area contributed by atoms with Gasteiger partial charge in [-0.3, -0.25) is 0 Å². The molecule has 2 nitrogen and oxygen atoms in total. The van der Waals surface area contributed by atoms with Crippen molar-refractivity contribution in [2.45, 2.75) is 33.8 Å². The summed E-state index contributed by atoms with van der Waals surface area (Å²) < 4.78 is 0. The minimum Gasteiger partial charge on any atom is -0.512 e. The number of aliphatic hydroxyl groups excluding tert-OH is 2. The molecule has 0 aromatic heterocycles. The maximum absolute atomic E-state index is 9.26. The van der Waals surface area contributed by atoms with Crippen LogP contribution in [-0.4, -0.2) is 16.3 Å². The molecule has 2 heteroatoms. The van der Waals surface area contributed by atoms with Crippen molar-refractivity contribution in [3.63, 3.8) is 0 Å². The lowest BCUT2D eigenvalue weighted by molar-refractivity contribution is 0.219. The van der Waals surface area contributed by atoms with Crippen molar-refractivity contribution in [3.05, 3.63) is 11.8 Å². The van der Waals surface area contributed by atoms with Crippen LogP contribution in [0.5, 0.6) is 0 Å². The van der Waals surface area contributed by atoms with Gasteiger partial charge in [0.15, 0.2) is 0 Å². The predicted molar refractivity (Wildman–Crippen MR) is 41.8 cm³/mol. The molecular weight excluding hydrogens is 128 g/mol. The first kappa shape index (κ1) is 9.50. The van der Waals surface area contributed by atoms with Gasteiger partial charge in [-0.05, 0) is 13.0 Å². The summed E-state index contributed by atoms with van der Waals surface area (Å²) in [5.41, 5.74) is -0.253. The fraction of sp³-hybridized carbons (Fsp3) is 0.750. The standard InChI is InChI=1S/C8H16O2/c1-6(9)5-7(10)8(2,3)4/h5-6,9-10H,1-4H3/b7-5-. The molecule has 10 heavy (non-hydrogen) atoms. The summed E-state index contributed by atoms with van der Waals surface area (Å²) >= 11 is 0. The Labute approximate surface area is 62.2 Å². The normalized spacial score (nSPS) is 17.1. The van der Waals surface area contributed by atoms with Gasteiger partial charge < -0.3 is 10.2 Å². The summed E-state index contributed by atoms with van der Waals surface area (Å²) in [7, 11) is 0. The molecule has 0 aliphatic carbocycles. The van der Waals surface area contributed by atoms with Crippen LogP contribution in [0.2, 0.25) is 0 Å². The van der Waals surface area contributed by atoms with E-state index >= 15 is 0 Å². The van der Waals surface area contributed by atoms with Gasteiger partial charge in [-0.1, -0.05) is 20.8 Å². The lowest BCUT2D eigenvalue weighted by Crippen LogP contribution is -2.11. The quantitative estimate of drug-likeness (QED) is 0.551. The van der Waals surface area contributed by atoms with E-state index in [1.54, 1.807) is 6.92 Å². The number of hydrogen-bond donors (Lipinski definition) is 2. The number of aliphatic hydroxyl groups is 2. The van der Waals surface area contributed by atoms with Gasteiger partial charge in [0.25, 0.3) is 0 Å². The summed E-state index contributed by atoms with van der Waals surface area (Å²) in [6.07, 6.45) is 0.874. The molecule has 0 bridgehead atoms. The molecule has 60 valence electrons. The molecule has 0 amide bonds. The van der Waals surface area contributed by atoms with Crippen molar-refractivity contribution < 1.29 is 10.2 Å². The average molecular weight is 144 g/mol. The van der Waals surface area contributed by atoms with Gasteiger partial charge in [0.1, 0.15) is 0 Å². The van der Waals surface area contributed by atoms with Gasteiger partial charge in [-0.2, -0.15) is 0 Å². The topological polar surface area (TPSA) is 40.5 Å². The molecule has 0 aromatic carbocycles. The van der Waals surface area contributed by atoms with Crippen LogP contribution in [0.3, 0.4) is 0 Å². The maximum atomic E-state index is 9.26. The van der Waals surface area contributed by atoms with Crippen molar-refractivity contribution in [1.29, 1.82) is 0 Å². The minimum absolute atomic E-state index is 0.238. The number of allylic oxidation sites excluding steroid dienone is 1. The molecule has 0 radical (unpaired) electrons. The molecular formula is C8H16O2. The summed E-state index contributed by atoms with van der Waals surface area (Å²) in [6, 6.07) is 0. The third-order valence-corrected chi connectivity index (χ3v) is 1.17. The predicted octanol–water partition coefficient (Wildman–Crippen LogP) is 1.86. The second kappa shape index (κ2) is 3.06. The molecule has 0 saturated heterocycles. The molecule has 2 N–H and O–H groups in total. The van der Waals surface area contributed by atoms with Gasteiger partial charge in [-0.15, -0.1) is 0 Å². The number of rotatable bonds is 1. The fourth-order valence-electron chi connectivity index (χ4n) is 0.478. The Kier molecular flexibility index (Phi) is 2.91. The Morgan fingerprint density at radius 1 is 1.40 bits per heavy atom. The zero-order valence-corrected chi connectivity index (χ0v) is 7.05. The molecule has 1 unspecified atom stereocenters. The first-order chi connectivity index (χ1) is 4.34. The van der Waals surface area contributed by atoms with Gasteiger partial charge >= 0.3 is 0 Å². The summed E-state index contributed by atoms with van der Waals surface area (Å²) in [5, 5.41) is 18.1. The average Bonchev–Trinajstić information content (AvgIpc) is 1.60. The Hall–Kier alpha value is -0.500. The zero-order valence-electron chi connectivity index (χ0n) is 7.05. The van der Waals surface area contributed by atoms with Crippen LogP contribution >= 0.6 is 0 Å². The van der Waals surface area contributed by atoms with Crippen molar-refractivity contribution in [2.75, 3.05) is 0 Å². The lowest BCUT2D eigenvalue weighted by atomic mass is 9.93. The SMILES string of the molecule is CC(O)/C=C(\O)C(C)(C)C. The smallest absolute Gasteiger partial charge is 0.0961 e. The molecule has 0 aliphatic heterocycles. The summed E-state index contributed by atoms with van der Waals surface area (Å²) in [5.74, 6) is 0.238. The molecule has 0 fully saturated rings. The van der Waals surface area contributed by atoms with E-state index in [0.29, 0.717) is 0 Å². The molecule has 0 aromatic rings. The van der Waals surface area contributed by atoms with Crippen LogP contribution < -0.4 is 0 Å². The first-order valence-electron chi connectivity index (χ1n) is 3.43. The summed E-state index contributed by atoms with van der Waals surface area (Å²) in [4.78, 5) is 0. The van der Waals surface area contributed by atoms with E-state index in [-0.39, 0.29) is 11.2 Å². The van der Waals surface area contributed by atoms with Crippen molar-refractivity contribution >= 4 is 0 Å². The third kappa shape index (κ3) is 3.51. The highest BCUT2D eigenvalue weighted by atomic mass is 16.3. The monoisotopic (exact) mass is 144 g/mol. The highest BCUT2D eigenvalue weighted by Gasteiger charge is 2.15. The van der Waals surface area contributed by atoms with E-state index in [2.05, 4.69) is 0 Å². The third-order valence-electron chi connectivity index (χ3n) is 1.17. The van der Waals surface area contributed by atoms with Crippen LogP contribution in [0.4, 0.5) is 0 Å². The Bertz CT molecular complexity index is 129. The van der Waals surface area contributed by atoms with Gasteiger partial charge in [0.2, 0.25) is 0 Å². The van der Waals surface area contributed by atoms with E-state index in [9.17, 15) is 5.11 Å². The lowest BCUT2D eigenvalue weighted by Gasteiger charge is -2.17.